The van der Waals surface area contributed by atoms with Crippen molar-refractivity contribution in [2.45, 2.75) is 91.0 Å². The predicted octanol–water partition coefficient (Wildman–Crippen LogP) is 5.22. The molecule has 2 saturated carbocycles. The van der Waals surface area contributed by atoms with Gasteiger partial charge in [0, 0.05) is 6.61 Å². The molecule has 0 bridgehead atoms. The lowest BCUT2D eigenvalue weighted by Crippen LogP contribution is -2.43. The fraction of sp³-hybridized carbons (Fsp3) is 1.00. The first-order valence-corrected chi connectivity index (χ1v) is 12.3. The summed E-state index contributed by atoms with van der Waals surface area (Å²) in [7, 11) is -1.46. The molecule has 0 aliphatic heterocycles. The van der Waals surface area contributed by atoms with Gasteiger partial charge >= 0.3 is 0 Å². The van der Waals surface area contributed by atoms with E-state index in [1.807, 2.05) is 0 Å². The number of aliphatic hydroxyl groups excluding tert-OH is 1. The van der Waals surface area contributed by atoms with E-state index in [-0.39, 0.29) is 6.10 Å². The third kappa shape index (κ3) is 3.32. The van der Waals surface area contributed by atoms with Crippen LogP contribution >= 0.6 is 0 Å². The van der Waals surface area contributed by atoms with Crippen molar-refractivity contribution in [2.24, 2.45) is 23.2 Å². The SMILES string of the molecule is CC[Si](CC)(CC)OC[C@H](C)C1CCC2C(O)CCCC21C. The zero-order chi connectivity index (χ0) is 16.4. The first-order valence-electron chi connectivity index (χ1n) is 9.74. The molecular formula is C19H38O2Si. The molecule has 0 aromatic carbocycles. The molecule has 0 aromatic heterocycles. The average molecular weight is 327 g/mol. The smallest absolute Gasteiger partial charge is 0.191 e. The molecule has 0 radical (unpaired) electrons. The number of fused-ring (bicyclic) bond motifs is 1. The maximum absolute atomic E-state index is 10.4. The zero-order valence-electron chi connectivity index (χ0n) is 15.5. The second-order valence-electron chi connectivity index (χ2n) is 8.29. The van der Waals surface area contributed by atoms with Crippen LogP contribution in [0.3, 0.4) is 0 Å². The van der Waals surface area contributed by atoms with Gasteiger partial charge in [-0.05, 0) is 67.0 Å². The van der Waals surface area contributed by atoms with E-state index >= 15 is 0 Å². The van der Waals surface area contributed by atoms with Crippen molar-refractivity contribution < 1.29 is 9.53 Å². The summed E-state index contributed by atoms with van der Waals surface area (Å²) in [5, 5.41) is 10.4. The average Bonchev–Trinajstić information content (AvgIpc) is 2.87. The molecule has 2 rings (SSSR count). The van der Waals surface area contributed by atoms with Crippen LogP contribution < -0.4 is 0 Å². The van der Waals surface area contributed by atoms with Gasteiger partial charge in [-0.2, -0.15) is 0 Å². The number of hydrogen-bond acceptors (Lipinski definition) is 2. The Hall–Kier alpha value is 0.137. The van der Waals surface area contributed by atoms with Crippen molar-refractivity contribution in [2.75, 3.05) is 6.61 Å². The second kappa shape index (κ2) is 7.35. The normalized spacial score (nSPS) is 37.1. The number of hydrogen-bond donors (Lipinski definition) is 1. The van der Waals surface area contributed by atoms with Crippen LogP contribution in [-0.4, -0.2) is 26.1 Å². The minimum atomic E-state index is -1.46. The summed E-state index contributed by atoms with van der Waals surface area (Å²) in [5.74, 6) is 1.92. The Kier molecular flexibility index (Phi) is 6.18. The molecule has 130 valence electrons. The van der Waals surface area contributed by atoms with Crippen LogP contribution in [0, 0.1) is 23.2 Å². The van der Waals surface area contributed by atoms with Gasteiger partial charge in [0.1, 0.15) is 0 Å². The predicted molar refractivity (Wildman–Crippen MR) is 96.5 cm³/mol. The van der Waals surface area contributed by atoms with Gasteiger partial charge in [-0.15, -0.1) is 0 Å². The van der Waals surface area contributed by atoms with E-state index in [0.717, 1.165) is 18.9 Å². The van der Waals surface area contributed by atoms with Crippen molar-refractivity contribution in [3.63, 3.8) is 0 Å². The first-order chi connectivity index (χ1) is 10.4. The molecular weight excluding hydrogens is 288 g/mol. The molecule has 5 atom stereocenters. The number of rotatable bonds is 7. The summed E-state index contributed by atoms with van der Waals surface area (Å²) in [6.07, 6.45) is 6.01. The Morgan fingerprint density at radius 1 is 1.14 bits per heavy atom. The molecule has 2 aliphatic carbocycles. The Morgan fingerprint density at radius 3 is 2.36 bits per heavy atom. The number of aliphatic hydroxyl groups is 1. The lowest BCUT2D eigenvalue weighted by Gasteiger charge is -2.45. The van der Waals surface area contributed by atoms with Crippen molar-refractivity contribution in [1.82, 2.24) is 0 Å². The molecule has 0 amide bonds. The summed E-state index contributed by atoms with van der Waals surface area (Å²) in [6.45, 7) is 12.7. The Morgan fingerprint density at radius 2 is 1.77 bits per heavy atom. The summed E-state index contributed by atoms with van der Waals surface area (Å²) in [6, 6.07) is 3.74. The largest absolute Gasteiger partial charge is 0.417 e. The third-order valence-corrected chi connectivity index (χ3v) is 12.1. The van der Waals surface area contributed by atoms with Crippen molar-refractivity contribution >= 4 is 8.32 Å². The third-order valence-electron chi connectivity index (χ3n) is 7.43. The molecule has 1 N–H and O–H groups in total. The van der Waals surface area contributed by atoms with E-state index < -0.39 is 8.32 Å². The Labute approximate surface area is 139 Å². The zero-order valence-corrected chi connectivity index (χ0v) is 16.5. The van der Waals surface area contributed by atoms with Crippen LogP contribution in [0.2, 0.25) is 18.1 Å². The fourth-order valence-corrected chi connectivity index (χ4v) is 8.33. The molecule has 0 aromatic rings. The van der Waals surface area contributed by atoms with Gasteiger partial charge in [-0.25, -0.2) is 0 Å². The quantitative estimate of drug-likeness (QED) is 0.650. The van der Waals surface area contributed by atoms with Gasteiger partial charge in [0.25, 0.3) is 0 Å². The maximum atomic E-state index is 10.4. The van der Waals surface area contributed by atoms with E-state index in [1.54, 1.807) is 0 Å². The van der Waals surface area contributed by atoms with Gasteiger partial charge in [0.2, 0.25) is 0 Å². The standard InChI is InChI=1S/C19H38O2Si/c1-6-22(7-2,8-3)21-14-15(4)16-11-12-17-18(20)10-9-13-19(16,17)5/h15-18,20H,6-14H2,1-5H3/t15-,16?,17?,18?,19?/m0/s1. The van der Waals surface area contributed by atoms with Gasteiger partial charge in [0.05, 0.1) is 6.10 Å². The Balaban J connectivity index is 1.99. The summed E-state index contributed by atoms with van der Waals surface area (Å²) < 4.78 is 6.58. The van der Waals surface area contributed by atoms with Crippen LogP contribution in [0.15, 0.2) is 0 Å². The Bertz CT molecular complexity index is 347. The minimum absolute atomic E-state index is 0.0488. The molecule has 2 fully saturated rings. The fourth-order valence-electron chi connectivity index (χ4n) is 5.60. The van der Waals surface area contributed by atoms with Crippen molar-refractivity contribution in [3.05, 3.63) is 0 Å². The van der Waals surface area contributed by atoms with Gasteiger partial charge in [-0.3, -0.25) is 0 Å². The van der Waals surface area contributed by atoms with Crippen LogP contribution in [0.5, 0.6) is 0 Å². The molecule has 0 saturated heterocycles. The molecule has 0 heterocycles. The highest BCUT2D eigenvalue weighted by Gasteiger charge is 2.52. The van der Waals surface area contributed by atoms with Gasteiger partial charge in [0.15, 0.2) is 8.32 Å². The lowest BCUT2D eigenvalue weighted by molar-refractivity contribution is -0.0314. The van der Waals surface area contributed by atoms with Crippen LogP contribution in [0.25, 0.3) is 0 Å². The van der Waals surface area contributed by atoms with Crippen molar-refractivity contribution in [3.8, 4) is 0 Å². The van der Waals surface area contributed by atoms with E-state index in [2.05, 4.69) is 34.6 Å². The molecule has 22 heavy (non-hydrogen) atoms. The van der Waals surface area contributed by atoms with Crippen LogP contribution in [0.1, 0.15) is 66.7 Å². The van der Waals surface area contributed by atoms with Crippen LogP contribution in [-0.2, 0) is 4.43 Å². The summed E-state index contributed by atoms with van der Waals surface area (Å²) in [4.78, 5) is 0. The molecule has 2 aliphatic rings. The summed E-state index contributed by atoms with van der Waals surface area (Å²) >= 11 is 0. The molecule has 2 nitrogen and oxygen atoms in total. The van der Waals surface area contributed by atoms with Gasteiger partial charge < -0.3 is 9.53 Å². The highest BCUT2D eigenvalue weighted by molar-refractivity contribution is 6.73. The minimum Gasteiger partial charge on any atom is -0.417 e. The molecule has 4 unspecified atom stereocenters. The lowest BCUT2D eigenvalue weighted by atomic mass is 9.62. The topological polar surface area (TPSA) is 29.5 Å². The highest BCUT2D eigenvalue weighted by atomic mass is 28.4. The van der Waals surface area contributed by atoms with E-state index in [9.17, 15) is 5.11 Å². The summed E-state index contributed by atoms with van der Waals surface area (Å²) in [5.41, 5.74) is 0.356. The highest BCUT2D eigenvalue weighted by Crippen LogP contribution is 2.57. The molecule has 3 heteroatoms. The monoisotopic (exact) mass is 326 g/mol. The van der Waals surface area contributed by atoms with Crippen molar-refractivity contribution in [1.29, 1.82) is 0 Å². The second-order valence-corrected chi connectivity index (χ2v) is 13.1. The maximum Gasteiger partial charge on any atom is 0.191 e. The molecule has 0 spiro atoms. The first kappa shape index (κ1) is 18.5. The van der Waals surface area contributed by atoms with E-state index in [0.29, 0.717) is 17.3 Å². The van der Waals surface area contributed by atoms with Crippen LogP contribution in [0.4, 0.5) is 0 Å². The van der Waals surface area contributed by atoms with E-state index in [1.165, 1.54) is 43.8 Å². The van der Waals surface area contributed by atoms with Gasteiger partial charge in [-0.1, -0.05) is 41.0 Å². The van der Waals surface area contributed by atoms with E-state index in [4.69, 9.17) is 4.43 Å².